The molecule has 0 aromatic heterocycles. The molecule has 0 bridgehead atoms. The van der Waals surface area contributed by atoms with Crippen molar-refractivity contribution in [2.45, 2.75) is 25.9 Å². The van der Waals surface area contributed by atoms with Crippen LogP contribution < -0.4 is 15.4 Å². The lowest BCUT2D eigenvalue weighted by molar-refractivity contribution is -0.385. The largest absolute Gasteiger partial charge is 0.476 e. The lowest BCUT2D eigenvalue weighted by Gasteiger charge is -2.31. The van der Waals surface area contributed by atoms with Gasteiger partial charge in [-0.25, -0.2) is 0 Å². The highest BCUT2D eigenvalue weighted by atomic mass is 16.6. The van der Waals surface area contributed by atoms with Gasteiger partial charge < -0.3 is 15.4 Å². The van der Waals surface area contributed by atoms with E-state index in [0.717, 1.165) is 0 Å². The number of anilines is 2. The van der Waals surface area contributed by atoms with E-state index in [1.165, 1.54) is 6.07 Å². The molecular formula is C18H17N3O5. The van der Waals surface area contributed by atoms with Crippen LogP contribution in [-0.2, 0) is 16.0 Å². The van der Waals surface area contributed by atoms with Crippen LogP contribution in [0.25, 0.3) is 0 Å². The van der Waals surface area contributed by atoms with Crippen LogP contribution >= 0.6 is 0 Å². The van der Waals surface area contributed by atoms with Gasteiger partial charge in [0.1, 0.15) is 5.75 Å². The molecule has 0 radical (unpaired) electrons. The standard InChI is InChI=1S/C18H17N3O5/c1-18(2)17(23)20-13-10-12(7-8-15(13)26-18)19-16(22)9-11-5-3-4-6-14(11)21(24)25/h3-8,10H,9H2,1-2H3,(H,19,22)(H,20,23). The first-order valence-corrected chi connectivity index (χ1v) is 7.93. The summed E-state index contributed by atoms with van der Waals surface area (Å²) in [5.74, 6) is -0.178. The van der Waals surface area contributed by atoms with Gasteiger partial charge in [-0.3, -0.25) is 19.7 Å². The van der Waals surface area contributed by atoms with Gasteiger partial charge in [-0.15, -0.1) is 0 Å². The van der Waals surface area contributed by atoms with Gasteiger partial charge in [-0.2, -0.15) is 0 Å². The maximum Gasteiger partial charge on any atom is 0.273 e. The summed E-state index contributed by atoms with van der Waals surface area (Å²) in [4.78, 5) is 34.7. The van der Waals surface area contributed by atoms with Crippen LogP contribution in [-0.4, -0.2) is 22.3 Å². The van der Waals surface area contributed by atoms with Crippen LogP contribution in [0.15, 0.2) is 42.5 Å². The Balaban J connectivity index is 1.74. The number of amides is 2. The van der Waals surface area contributed by atoms with Crippen molar-refractivity contribution in [2.75, 3.05) is 10.6 Å². The predicted molar refractivity (Wildman–Crippen MR) is 95.2 cm³/mol. The molecule has 0 atom stereocenters. The summed E-state index contributed by atoms with van der Waals surface area (Å²) in [6.07, 6.45) is -0.135. The number of nitro benzene ring substituents is 1. The fourth-order valence-electron chi connectivity index (χ4n) is 2.61. The zero-order chi connectivity index (χ0) is 18.9. The highest BCUT2D eigenvalue weighted by Crippen LogP contribution is 2.35. The van der Waals surface area contributed by atoms with Crippen LogP contribution in [0.1, 0.15) is 19.4 Å². The fourth-order valence-corrected chi connectivity index (χ4v) is 2.61. The molecule has 2 N–H and O–H groups in total. The zero-order valence-corrected chi connectivity index (χ0v) is 14.2. The molecule has 1 aliphatic rings. The Morgan fingerprint density at radius 2 is 2.00 bits per heavy atom. The van der Waals surface area contributed by atoms with E-state index in [0.29, 0.717) is 22.7 Å². The first-order chi connectivity index (χ1) is 12.3. The number of para-hydroxylation sites is 1. The lowest BCUT2D eigenvalue weighted by Crippen LogP contribution is -2.45. The average molecular weight is 355 g/mol. The highest BCUT2D eigenvalue weighted by Gasteiger charge is 2.35. The third-order valence-electron chi connectivity index (χ3n) is 3.96. The number of nitrogens with zero attached hydrogens (tertiary/aromatic N) is 1. The van der Waals surface area contributed by atoms with E-state index in [4.69, 9.17) is 4.74 Å². The van der Waals surface area contributed by atoms with Gasteiger partial charge in [-0.05, 0) is 32.0 Å². The van der Waals surface area contributed by atoms with E-state index in [9.17, 15) is 19.7 Å². The molecule has 0 fully saturated rings. The van der Waals surface area contributed by atoms with Crippen LogP contribution in [0.4, 0.5) is 17.1 Å². The number of rotatable bonds is 4. The Bertz CT molecular complexity index is 907. The van der Waals surface area contributed by atoms with E-state index in [-0.39, 0.29) is 18.0 Å². The molecule has 26 heavy (non-hydrogen) atoms. The van der Waals surface area contributed by atoms with Gasteiger partial charge in [0, 0.05) is 17.3 Å². The maximum atomic E-state index is 12.2. The molecule has 0 spiro atoms. The van der Waals surface area contributed by atoms with E-state index in [1.54, 1.807) is 50.2 Å². The van der Waals surface area contributed by atoms with Crippen molar-refractivity contribution in [3.63, 3.8) is 0 Å². The number of carbonyl (C=O) groups is 2. The molecule has 0 aliphatic carbocycles. The minimum absolute atomic E-state index is 0.101. The molecular weight excluding hydrogens is 338 g/mol. The topological polar surface area (TPSA) is 111 Å². The minimum Gasteiger partial charge on any atom is -0.476 e. The number of nitro groups is 1. The van der Waals surface area contributed by atoms with Gasteiger partial charge in [-0.1, -0.05) is 18.2 Å². The van der Waals surface area contributed by atoms with E-state index in [2.05, 4.69) is 10.6 Å². The number of carbonyl (C=O) groups excluding carboxylic acids is 2. The second kappa shape index (κ2) is 6.47. The van der Waals surface area contributed by atoms with Crippen LogP contribution in [0.5, 0.6) is 5.75 Å². The quantitative estimate of drug-likeness (QED) is 0.647. The SMILES string of the molecule is CC1(C)Oc2ccc(NC(=O)Cc3ccccc3[N+](=O)[O-])cc2NC1=O. The summed E-state index contributed by atoms with van der Waals surface area (Å²) < 4.78 is 5.63. The number of hydrogen-bond donors (Lipinski definition) is 2. The summed E-state index contributed by atoms with van der Waals surface area (Å²) in [6.45, 7) is 3.32. The van der Waals surface area contributed by atoms with Crippen LogP contribution in [0, 0.1) is 10.1 Å². The van der Waals surface area contributed by atoms with E-state index < -0.39 is 16.4 Å². The second-order valence-corrected chi connectivity index (χ2v) is 6.39. The molecule has 2 aromatic rings. The number of benzene rings is 2. The predicted octanol–water partition coefficient (Wildman–Crippen LogP) is 2.89. The smallest absolute Gasteiger partial charge is 0.273 e. The second-order valence-electron chi connectivity index (χ2n) is 6.39. The Kier molecular flexibility index (Phi) is 4.33. The van der Waals surface area contributed by atoms with Gasteiger partial charge >= 0.3 is 0 Å². The Morgan fingerprint density at radius 3 is 2.73 bits per heavy atom. The van der Waals surface area contributed by atoms with Gasteiger partial charge in [0.05, 0.1) is 17.0 Å². The molecule has 8 heteroatoms. The monoisotopic (exact) mass is 355 g/mol. The fraction of sp³-hybridized carbons (Fsp3) is 0.222. The summed E-state index contributed by atoms with van der Waals surface area (Å²) >= 11 is 0. The lowest BCUT2D eigenvalue weighted by atomic mass is 10.1. The molecule has 2 aromatic carbocycles. The summed E-state index contributed by atoms with van der Waals surface area (Å²) in [5.41, 5.74) is 0.167. The van der Waals surface area contributed by atoms with E-state index >= 15 is 0 Å². The average Bonchev–Trinajstić information content (AvgIpc) is 2.56. The highest BCUT2D eigenvalue weighted by molar-refractivity contribution is 6.01. The Labute approximate surface area is 149 Å². The van der Waals surface area contributed by atoms with Gasteiger partial charge in [0.2, 0.25) is 5.91 Å². The molecule has 134 valence electrons. The maximum absolute atomic E-state index is 12.2. The zero-order valence-electron chi connectivity index (χ0n) is 14.2. The van der Waals surface area contributed by atoms with E-state index in [1.807, 2.05) is 0 Å². The van der Waals surface area contributed by atoms with Crippen molar-refractivity contribution in [1.29, 1.82) is 0 Å². The molecule has 2 amide bonds. The number of ether oxygens (including phenoxy) is 1. The van der Waals surface area contributed by atoms with Crippen molar-refractivity contribution in [1.82, 2.24) is 0 Å². The number of fused-ring (bicyclic) bond motifs is 1. The minimum atomic E-state index is -0.968. The molecule has 8 nitrogen and oxygen atoms in total. The third kappa shape index (κ3) is 3.49. The molecule has 0 saturated carbocycles. The first kappa shape index (κ1) is 17.4. The van der Waals surface area contributed by atoms with Gasteiger partial charge in [0.25, 0.3) is 11.6 Å². The molecule has 0 unspecified atom stereocenters. The van der Waals surface area contributed by atoms with Crippen LogP contribution in [0.2, 0.25) is 0 Å². The van der Waals surface area contributed by atoms with Crippen molar-refractivity contribution in [3.8, 4) is 5.75 Å². The normalized spacial score (nSPS) is 14.6. The number of nitrogens with one attached hydrogen (secondary N) is 2. The number of hydrogen-bond acceptors (Lipinski definition) is 5. The van der Waals surface area contributed by atoms with Gasteiger partial charge in [0.15, 0.2) is 5.60 Å². The van der Waals surface area contributed by atoms with Crippen molar-refractivity contribution < 1.29 is 19.2 Å². The Hall–Kier alpha value is -3.42. The molecule has 3 rings (SSSR count). The molecule has 1 heterocycles. The summed E-state index contributed by atoms with van der Waals surface area (Å²) in [7, 11) is 0. The summed E-state index contributed by atoms with van der Waals surface area (Å²) in [6, 6.07) is 11.0. The molecule has 0 saturated heterocycles. The third-order valence-corrected chi connectivity index (χ3v) is 3.96. The first-order valence-electron chi connectivity index (χ1n) is 7.93. The summed E-state index contributed by atoms with van der Waals surface area (Å²) in [5, 5.41) is 16.4. The Morgan fingerprint density at radius 1 is 1.27 bits per heavy atom. The van der Waals surface area contributed by atoms with Crippen molar-refractivity contribution in [2.24, 2.45) is 0 Å². The molecule has 1 aliphatic heterocycles. The van der Waals surface area contributed by atoms with Crippen molar-refractivity contribution in [3.05, 3.63) is 58.1 Å². The van der Waals surface area contributed by atoms with Crippen LogP contribution in [0.3, 0.4) is 0 Å². The van der Waals surface area contributed by atoms with Crippen molar-refractivity contribution >= 4 is 28.9 Å².